The Morgan fingerprint density at radius 2 is 1.96 bits per heavy atom. The van der Waals surface area contributed by atoms with Crippen molar-refractivity contribution < 1.29 is 9.53 Å². The molecule has 4 nitrogen and oxygen atoms in total. The minimum Gasteiger partial charge on any atom is -0.444 e. The Morgan fingerprint density at radius 1 is 1.30 bits per heavy atom. The van der Waals surface area contributed by atoms with Crippen LogP contribution in [0.5, 0.6) is 0 Å². The number of nitrogens with zero attached hydrogens (tertiary/aromatic N) is 1. The Bertz CT molecular complexity index is 508. The standard InChI is InChI=1S/C19H32N2O2/c1-8-14(2)15(3)20-17-11-9-10-16(12-17)13-21(7)18(22)23-19(4,5)6/h9-12,14-15,20H,8,13H2,1-7H3. The van der Waals surface area contributed by atoms with Gasteiger partial charge in [-0.3, -0.25) is 0 Å². The second-order valence-electron chi connectivity index (χ2n) is 7.36. The number of nitrogens with one attached hydrogen (secondary N) is 1. The minimum absolute atomic E-state index is 0.302. The lowest BCUT2D eigenvalue weighted by Gasteiger charge is -2.25. The van der Waals surface area contributed by atoms with Gasteiger partial charge in [-0.1, -0.05) is 32.4 Å². The van der Waals surface area contributed by atoms with Gasteiger partial charge < -0.3 is 15.0 Å². The lowest BCUT2D eigenvalue weighted by atomic mass is 10.0. The highest BCUT2D eigenvalue weighted by Crippen LogP contribution is 2.18. The van der Waals surface area contributed by atoms with E-state index in [9.17, 15) is 4.79 Å². The Kier molecular flexibility index (Phi) is 6.92. The minimum atomic E-state index is -0.472. The summed E-state index contributed by atoms with van der Waals surface area (Å²) in [7, 11) is 1.76. The molecule has 0 aromatic heterocycles. The van der Waals surface area contributed by atoms with Crippen molar-refractivity contribution in [1.29, 1.82) is 0 Å². The first-order valence-corrected chi connectivity index (χ1v) is 8.42. The van der Waals surface area contributed by atoms with Crippen LogP contribution >= 0.6 is 0 Å². The van der Waals surface area contributed by atoms with Gasteiger partial charge >= 0.3 is 6.09 Å². The summed E-state index contributed by atoms with van der Waals surface area (Å²) in [6, 6.07) is 8.62. The Morgan fingerprint density at radius 3 is 2.52 bits per heavy atom. The molecule has 2 unspecified atom stereocenters. The summed E-state index contributed by atoms with van der Waals surface area (Å²) in [5.41, 5.74) is 1.70. The number of anilines is 1. The highest BCUT2D eigenvalue weighted by atomic mass is 16.6. The van der Waals surface area contributed by atoms with Gasteiger partial charge in [0.2, 0.25) is 0 Å². The van der Waals surface area contributed by atoms with Gasteiger partial charge in [-0.2, -0.15) is 0 Å². The topological polar surface area (TPSA) is 41.6 Å². The molecule has 0 fully saturated rings. The number of carbonyl (C=O) groups excluding carboxylic acids is 1. The van der Waals surface area contributed by atoms with Gasteiger partial charge in [-0.05, 0) is 51.3 Å². The van der Waals surface area contributed by atoms with E-state index in [0.717, 1.165) is 17.7 Å². The maximum atomic E-state index is 12.0. The van der Waals surface area contributed by atoms with Crippen molar-refractivity contribution in [2.75, 3.05) is 12.4 Å². The van der Waals surface area contributed by atoms with Crippen molar-refractivity contribution in [1.82, 2.24) is 4.90 Å². The van der Waals surface area contributed by atoms with Crippen LogP contribution in [0.2, 0.25) is 0 Å². The zero-order valence-corrected chi connectivity index (χ0v) is 15.6. The van der Waals surface area contributed by atoms with E-state index in [1.165, 1.54) is 0 Å². The van der Waals surface area contributed by atoms with Crippen LogP contribution in [0.1, 0.15) is 53.5 Å². The summed E-state index contributed by atoms with van der Waals surface area (Å²) in [6.45, 7) is 12.8. The molecule has 1 amide bonds. The maximum absolute atomic E-state index is 12.0. The molecule has 23 heavy (non-hydrogen) atoms. The normalized spacial score (nSPS) is 14.0. The highest BCUT2D eigenvalue weighted by Gasteiger charge is 2.19. The second-order valence-corrected chi connectivity index (χ2v) is 7.36. The number of hydrogen-bond acceptors (Lipinski definition) is 3. The van der Waals surface area contributed by atoms with E-state index in [0.29, 0.717) is 18.5 Å². The van der Waals surface area contributed by atoms with Crippen LogP contribution < -0.4 is 5.32 Å². The van der Waals surface area contributed by atoms with E-state index in [1.807, 2.05) is 32.9 Å². The van der Waals surface area contributed by atoms with Crippen molar-refractivity contribution >= 4 is 11.8 Å². The Balaban J connectivity index is 2.68. The van der Waals surface area contributed by atoms with Gasteiger partial charge in [0.25, 0.3) is 0 Å². The zero-order chi connectivity index (χ0) is 17.6. The number of benzene rings is 1. The first kappa shape index (κ1) is 19.3. The van der Waals surface area contributed by atoms with Crippen LogP contribution in [0.25, 0.3) is 0 Å². The molecule has 1 N–H and O–H groups in total. The molecule has 4 heteroatoms. The predicted octanol–water partition coefficient (Wildman–Crippen LogP) is 4.90. The number of hydrogen-bond donors (Lipinski definition) is 1. The van der Waals surface area contributed by atoms with E-state index in [4.69, 9.17) is 4.74 Å². The lowest BCUT2D eigenvalue weighted by molar-refractivity contribution is 0.0285. The smallest absolute Gasteiger partial charge is 0.410 e. The molecule has 1 aromatic rings. The number of amides is 1. The molecule has 2 atom stereocenters. The zero-order valence-electron chi connectivity index (χ0n) is 15.6. The molecule has 0 radical (unpaired) electrons. The quantitative estimate of drug-likeness (QED) is 0.810. The molecule has 0 aliphatic carbocycles. The Hall–Kier alpha value is -1.71. The fourth-order valence-electron chi connectivity index (χ4n) is 2.20. The number of ether oxygens (including phenoxy) is 1. The van der Waals surface area contributed by atoms with E-state index >= 15 is 0 Å². The molecule has 1 rings (SSSR count). The largest absolute Gasteiger partial charge is 0.444 e. The van der Waals surface area contributed by atoms with Crippen molar-refractivity contribution in [3.63, 3.8) is 0 Å². The van der Waals surface area contributed by atoms with Crippen LogP contribution in [0, 0.1) is 5.92 Å². The van der Waals surface area contributed by atoms with Crippen molar-refractivity contribution in [3.8, 4) is 0 Å². The molecular weight excluding hydrogens is 288 g/mol. The molecule has 0 bridgehead atoms. The third-order valence-corrected chi connectivity index (χ3v) is 3.94. The van der Waals surface area contributed by atoms with Crippen LogP contribution in [-0.4, -0.2) is 29.7 Å². The summed E-state index contributed by atoms with van der Waals surface area (Å²) in [6.07, 6.45) is 0.846. The lowest BCUT2D eigenvalue weighted by Crippen LogP contribution is -2.33. The van der Waals surface area contributed by atoms with Crippen LogP contribution in [0.15, 0.2) is 24.3 Å². The van der Waals surface area contributed by atoms with Crippen LogP contribution in [0.4, 0.5) is 10.5 Å². The molecule has 0 heterocycles. The van der Waals surface area contributed by atoms with Crippen molar-refractivity contribution in [2.24, 2.45) is 5.92 Å². The first-order chi connectivity index (χ1) is 10.6. The van der Waals surface area contributed by atoms with Gasteiger partial charge in [0, 0.05) is 25.3 Å². The van der Waals surface area contributed by atoms with E-state index in [1.54, 1.807) is 11.9 Å². The highest BCUT2D eigenvalue weighted by molar-refractivity contribution is 5.67. The predicted molar refractivity (Wildman–Crippen MR) is 96.7 cm³/mol. The fourth-order valence-corrected chi connectivity index (χ4v) is 2.20. The maximum Gasteiger partial charge on any atom is 0.410 e. The number of carbonyl (C=O) groups is 1. The summed E-state index contributed by atoms with van der Waals surface area (Å²) in [5, 5.41) is 3.54. The van der Waals surface area contributed by atoms with E-state index in [-0.39, 0.29) is 6.09 Å². The summed E-state index contributed by atoms with van der Waals surface area (Å²) in [4.78, 5) is 13.6. The van der Waals surface area contributed by atoms with Crippen LogP contribution in [-0.2, 0) is 11.3 Å². The van der Waals surface area contributed by atoms with Gasteiger partial charge in [-0.25, -0.2) is 4.79 Å². The monoisotopic (exact) mass is 320 g/mol. The third-order valence-electron chi connectivity index (χ3n) is 3.94. The fraction of sp³-hybridized carbons (Fsp3) is 0.632. The first-order valence-electron chi connectivity index (χ1n) is 8.42. The average molecular weight is 320 g/mol. The summed E-state index contributed by atoms with van der Waals surface area (Å²) < 4.78 is 5.38. The molecule has 0 aliphatic rings. The third kappa shape index (κ3) is 6.93. The SMILES string of the molecule is CCC(C)C(C)Nc1cccc(CN(C)C(=O)OC(C)(C)C)c1. The molecule has 0 aliphatic heterocycles. The molecule has 0 saturated carbocycles. The molecular formula is C19H32N2O2. The van der Waals surface area contributed by atoms with Crippen molar-refractivity contribution in [2.45, 2.75) is 66.2 Å². The van der Waals surface area contributed by atoms with Crippen molar-refractivity contribution in [3.05, 3.63) is 29.8 Å². The van der Waals surface area contributed by atoms with E-state index in [2.05, 4.69) is 38.2 Å². The summed E-state index contributed by atoms with van der Waals surface area (Å²) in [5.74, 6) is 0.614. The molecule has 0 spiro atoms. The summed E-state index contributed by atoms with van der Waals surface area (Å²) >= 11 is 0. The second kappa shape index (κ2) is 8.23. The molecule has 0 saturated heterocycles. The van der Waals surface area contributed by atoms with Gasteiger partial charge in [0.1, 0.15) is 5.60 Å². The van der Waals surface area contributed by atoms with E-state index < -0.39 is 5.60 Å². The average Bonchev–Trinajstić information content (AvgIpc) is 2.44. The van der Waals surface area contributed by atoms with Gasteiger partial charge in [-0.15, -0.1) is 0 Å². The van der Waals surface area contributed by atoms with Crippen LogP contribution in [0.3, 0.4) is 0 Å². The van der Waals surface area contributed by atoms with Gasteiger partial charge in [0.15, 0.2) is 0 Å². The molecule has 1 aromatic carbocycles. The number of rotatable bonds is 6. The molecule has 130 valence electrons. The van der Waals surface area contributed by atoms with Gasteiger partial charge in [0.05, 0.1) is 0 Å². The Labute approximate surface area is 141 Å².